The summed E-state index contributed by atoms with van der Waals surface area (Å²) in [5, 5.41) is 3.30. The molecule has 1 N–H and O–H groups in total. The smallest absolute Gasteiger partial charge is 0.289 e. The first-order valence-corrected chi connectivity index (χ1v) is 9.23. The Morgan fingerprint density at radius 2 is 2.17 bits per heavy atom. The lowest BCUT2D eigenvalue weighted by atomic mass is 10.0. The molecule has 0 saturated carbocycles. The highest BCUT2D eigenvalue weighted by atomic mass is 32.2. The first-order valence-electron chi connectivity index (χ1n) is 8.35. The first-order chi connectivity index (χ1) is 11.4. The molecule has 0 aliphatic carbocycles. The molecule has 0 spiro atoms. The quantitative estimate of drug-likeness (QED) is 0.891. The largest absolute Gasteiger partial charge is 0.455 e. The third kappa shape index (κ3) is 3.66. The van der Waals surface area contributed by atoms with Gasteiger partial charge in [0.05, 0.1) is 11.3 Å². The lowest BCUT2D eigenvalue weighted by molar-refractivity contribution is -0.117. The van der Waals surface area contributed by atoms with Crippen LogP contribution in [0.3, 0.4) is 0 Å². The van der Waals surface area contributed by atoms with Crippen LogP contribution in [0.4, 0.5) is 0 Å². The number of rotatable bonds is 2. The van der Waals surface area contributed by atoms with Gasteiger partial charge >= 0.3 is 0 Å². The fourth-order valence-electron chi connectivity index (χ4n) is 3.16. The Kier molecular flexibility index (Phi) is 4.99. The Morgan fingerprint density at radius 1 is 1.38 bits per heavy atom. The molecule has 130 valence electrons. The van der Waals surface area contributed by atoms with Crippen molar-refractivity contribution in [1.82, 2.24) is 10.2 Å². The predicted molar refractivity (Wildman–Crippen MR) is 94.1 cm³/mol. The number of hydrogen-bond acceptors (Lipinski definition) is 5. The normalized spacial score (nSPS) is 27.0. The zero-order chi connectivity index (χ0) is 17.3. The van der Waals surface area contributed by atoms with E-state index >= 15 is 0 Å². The lowest BCUT2D eigenvalue weighted by Crippen LogP contribution is -2.38. The molecule has 2 amide bonds. The van der Waals surface area contributed by atoms with Crippen molar-refractivity contribution < 1.29 is 14.0 Å². The van der Waals surface area contributed by atoms with Crippen molar-refractivity contribution in [2.24, 2.45) is 10.9 Å². The summed E-state index contributed by atoms with van der Waals surface area (Å²) < 4.78 is 5.84. The summed E-state index contributed by atoms with van der Waals surface area (Å²) in [5.74, 6) is 1.48. The number of amidine groups is 1. The van der Waals surface area contributed by atoms with Gasteiger partial charge in [0.1, 0.15) is 5.76 Å². The van der Waals surface area contributed by atoms with Crippen LogP contribution < -0.4 is 5.32 Å². The van der Waals surface area contributed by atoms with Gasteiger partial charge in [0.15, 0.2) is 10.9 Å². The molecular formula is C17H23N3O3S. The van der Waals surface area contributed by atoms with Gasteiger partial charge in [0.25, 0.3) is 5.91 Å². The Hall–Kier alpha value is -1.76. The predicted octanol–water partition coefficient (Wildman–Crippen LogP) is 2.82. The van der Waals surface area contributed by atoms with Gasteiger partial charge in [0, 0.05) is 20.0 Å². The molecule has 0 bridgehead atoms. The minimum absolute atomic E-state index is 0.0130. The van der Waals surface area contributed by atoms with Crippen LogP contribution in [0, 0.1) is 5.92 Å². The van der Waals surface area contributed by atoms with E-state index in [2.05, 4.69) is 17.2 Å². The standard InChI is InChI=1S/C17H23N3O3S/c1-10-5-4-8-20(9-10)16(22)14-7-6-13(23-14)15-11(2)18-17(24-15)19-12(3)21/h6-7,10-11,15H,4-5,8-9H2,1-3H3,(H,18,19,21). The second-order valence-electron chi connectivity index (χ2n) is 6.60. The van der Waals surface area contributed by atoms with E-state index in [1.54, 1.807) is 6.07 Å². The van der Waals surface area contributed by atoms with Crippen LogP contribution >= 0.6 is 11.8 Å². The molecule has 0 radical (unpaired) electrons. The molecule has 3 unspecified atom stereocenters. The highest BCUT2D eigenvalue weighted by Crippen LogP contribution is 2.40. The van der Waals surface area contributed by atoms with E-state index in [1.807, 2.05) is 17.9 Å². The molecule has 1 saturated heterocycles. The summed E-state index contributed by atoms with van der Waals surface area (Å²) >= 11 is 1.46. The van der Waals surface area contributed by atoms with E-state index in [9.17, 15) is 9.59 Å². The Morgan fingerprint density at radius 3 is 2.88 bits per heavy atom. The van der Waals surface area contributed by atoms with Gasteiger partial charge in [-0.1, -0.05) is 18.7 Å². The van der Waals surface area contributed by atoms with Crippen molar-refractivity contribution in [2.75, 3.05) is 13.1 Å². The number of carbonyl (C=O) groups is 2. The molecule has 3 heterocycles. The summed E-state index contributed by atoms with van der Waals surface area (Å²) in [5.41, 5.74) is 0. The lowest BCUT2D eigenvalue weighted by Gasteiger charge is -2.30. The Balaban J connectivity index is 1.67. The van der Waals surface area contributed by atoms with Crippen LogP contribution in [-0.4, -0.2) is 41.0 Å². The van der Waals surface area contributed by atoms with Crippen molar-refractivity contribution in [3.05, 3.63) is 23.7 Å². The molecule has 24 heavy (non-hydrogen) atoms. The molecule has 1 aromatic rings. The highest BCUT2D eigenvalue weighted by molar-refractivity contribution is 8.14. The zero-order valence-corrected chi connectivity index (χ0v) is 15.1. The molecule has 3 rings (SSSR count). The van der Waals surface area contributed by atoms with Gasteiger partial charge in [0.2, 0.25) is 5.91 Å². The highest BCUT2D eigenvalue weighted by Gasteiger charge is 2.32. The molecule has 1 aromatic heterocycles. The van der Waals surface area contributed by atoms with Crippen LogP contribution in [0.5, 0.6) is 0 Å². The van der Waals surface area contributed by atoms with Gasteiger partial charge in [-0.2, -0.15) is 0 Å². The maximum Gasteiger partial charge on any atom is 0.289 e. The van der Waals surface area contributed by atoms with E-state index < -0.39 is 0 Å². The van der Waals surface area contributed by atoms with E-state index in [0.29, 0.717) is 16.8 Å². The fraction of sp³-hybridized carbons (Fsp3) is 0.588. The Labute approximate surface area is 146 Å². The summed E-state index contributed by atoms with van der Waals surface area (Å²) in [6.07, 6.45) is 2.22. The number of thioether (sulfide) groups is 1. The minimum Gasteiger partial charge on any atom is -0.455 e. The van der Waals surface area contributed by atoms with E-state index in [0.717, 1.165) is 25.3 Å². The first kappa shape index (κ1) is 17.1. The van der Waals surface area contributed by atoms with Crippen molar-refractivity contribution in [2.45, 2.75) is 44.9 Å². The SMILES string of the molecule is CC(=O)NC1=NC(C)C(c2ccc(C(=O)N3CCCC(C)C3)o2)S1. The maximum absolute atomic E-state index is 12.6. The van der Waals surface area contributed by atoms with Gasteiger partial charge in [-0.05, 0) is 37.8 Å². The van der Waals surface area contributed by atoms with Gasteiger partial charge in [-0.15, -0.1) is 0 Å². The van der Waals surface area contributed by atoms with Crippen LogP contribution in [-0.2, 0) is 4.79 Å². The number of furan rings is 1. The van der Waals surface area contributed by atoms with Crippen molar-refractivity contribution in [3.8, 4) is 0 Å². The van der Waals surface area contributed by atoms with Crippen LogP contribution in [0.25, 0.3) is 0 Å². The number of nitrogens with one attached hydrogen (secondary N) is 1. The van der Waals surface area contributed by atoms with E-state index in [-0.39, 0.29) is 23.1 Å². The van der Waals surface area contributed by atoms with Crippen molar-refractivity contribution in [1.29, 1.82) is 0 Å². The van der Waals surface area contributed by atoms with Crippen molar-refractivity contribution >= 4 is 28.7 Å². The summed E-state index contributed by atoms with van der Waals surface area (Å²) in [6, 6.07) is 3.59. The van der Waals surface area contributed by atoms with E-state index in [1.165, 1.54) is 25.1 Å². The topological polar surface area (TPSA) is 74.9 Å². The van der Waals surface area contributed by atoms with E-state index in [4.69, 9.17) is 4.42 Å². The molecule has 1 fully saturated rings. The monoisotopic (exact) mass is 349 g/mol. The summed E-state index contributed by atoms with van der Waals surface area (Å²) in [4.78, 5) is 30.1. The van der Waals surface area contributed by atoms with Gasteiger partial charge < -0.3 is 14.6 Å². The van der Waals surface area contributed by atoms with Crippen LogP contribution in [0.2, 0.25) is 0 Å². The molecule has 2 aliphatic heterocycles. The molecular weight excluding hydrogens is 326 g/mol. The average Bonchev–Trinajstić information content (AvgIpc) is 3.12. The third-order valence-electron chi connectivity index (χ3n) is 4.34. The van der Waals surface area contributed by atoms with Crippen LogP contribution in [0.15, 0.2) is 21.5 Å². The number of nitrogens with zero attached hydrogens (tertiary/aromatic N) is 2. The zero-order valence-electron chi connectivity index (χ0n) is 14.2. The number of hydrogen-bond donors (Lipinski definition) is 1. The van der Waals surface area contributed by atoms with Crippen molar-refractivity contribution in [3.63, 3.8) is 0 Å². The van der Waals surface area contributed by atoms with Gasteiger partial charge in [-0.3, -0.25) is 14.6 Å². The maximum atomic E-state index is 12.6. The number of aliphatic imine (C=N–C) groups is 1. The fourth-order valence-corrected chi connectivity index (χ4v) is 4.33. The average molecular weight is 349 g/mol. The molecule has 3 atom stereocenters. The number of piperidine rings is 1. The summed E-state index contributed by atoms with van der Waals surface area (Å²) in [6.45, 7) is 7.20. The Bertz CT molecular complexity index is 670. The molecule has 2 aliphatic rings. The molecule has 0 aromatic carbocycles. The minimum atomic E-state index is -0.136. The van der Waals surface area contributed by atoms with Crippen LogP contribution in [0.1, 0.15) is 55.2 Å². The molecule has 6 nitrogen and oxygen atoms in total. The third-order valence-corrected chi connectivity index (χ3v) is 5.65. The summed E-state index contributed by atoms with van der Waals surface area (Å²) in [7, 11) is 0. The molecule has 7 heteroatoms. The van der Waals surface area contributed by atoms with Gasteiger partial charge in [-0.25, -0.2) is 0 Å². The second-order valence-corrected chi connectivity index (χ2v) is 7.73. The second kappa shape index (κ2) is 7.01. The number of likely N-dealkylation sites (tertiary alicyclic amines) is 1. The number of amides is 2. The number of carbonyl (C=O) groups excluding carboxylic acids is 2.